The monoisotopic (exact) mass is 350 g/mol. The molecule has 0 unspecified atom stereocenters. The number of anilines is 2. The first-order chi connectivity index (χ1) is 9.51. The summed E-state index contributed by atoms with van der Waals surface area (Å²) in [5.74, 6) is 0.782. The largest absolute Gasteiger partial charge is 0.495 e. The van der Waals surface area contributed by atoms with Gasteiger partial charge in [-0.1, -0.05) is 28.1 Å². The lowest BCUT2D eigenvalue weighted by Gasteiger charge is -2.13. The number of rotatable bonds is 4. The van der Waals surface area contributed by atoms with Gasteiger partial charge in [-0.25, -0.2) is 0 Å². The van der Waals surface area contributed by atoms with Crippen molar-refractivity contribution < 1.29 is 4.74 Å². The summed E-state index contributed by atoms with van der Waals surface area (Å²) in [6.07, 6.45) is 0. The van der Waals surface area contributed by atoms with E-state index in [1.165, 1.54) is 0 Å². The maximum atomic E-state index is 5.67. The number of hydrogen-bond acceptors (Lipinski definition) is 3. The molecule has 5 heteroatoms. The first kappa shape index (κ1) is 14.8. The van der Waals surface area contributed by atoms with E-state index in [9.17, 15) is 0 Å². The van der Waals surface area contributed by atoms with Gasteiger partial charge in [0.25, 0.3) is 0 Å². The molecule has 0 aliphatic heterocycles. The summed E-state index contributed by atoms with van der Waals surface area (Å²) in [5.41, 5.74) is 9.45. The minimum absolute atomic E-state index is 0.411. The van der Waals surface area contributed by atoms with Crippen LogP contribution in [0.2, 0.25) is 0 Å². The van der Waals surface area contributed by atoms with Gasteiger partial charge in [0.15, 0.2) is 0 Å². The number of aryl methyl sites for hydroxylation is 1. The normalized spacial score (nSPS) is 10.2. The smallest absolute Gasteiger partial charge is 0.142 e. The van der Waals surface area contributed by atoms with Crippen LogP contribution in [-0.4, -0.2) is 12.1 Å². The van der Waals surface area contributed by atoms with Crippen LogP contribution in [0.15, 0.2) is 40.9 Å². The molecule has 104 valence electrons. The van der Waals surface area contributed by atoms with Gasteiger partial charge in [0.2, 0.25) is 0 Å². The van der Waals surface area contributed by atoms with Crippen LogP contribution in [-0.2, 0) is 0 Å². The van der Waals surface area contributed by atoms with Gasteiger partial charge in [-0.05, 0) is 48.9 Å². The molecule has 20 heavy (non-hydrogen) atoms. The van der Waals surface area contributed by atoms with E-state index < -0.39 is 0 Å². The van der Waals surface area contributed by atoms with Crippen molar-refractivity contribution in [2.45, 2.75) is 6.92 Å². The molecule has 0 radical (unpaired) electrons. The van der Waals surface area contributed by atoms with Crippen LogP contribution in [0.25, 0.3) is 0 Å². The van der Waals surface area contributed by atoms with Crippen LogP contribution in [0.1, 0.15) is 11.1 Å². The quantitative estimate of drug-likeness (QED) is 0.813. The molecule has 0 atom stereocenters. The first-order valence-electron chi connectivity index (χ1n) is 6.02. The number of hydrogen-bond donors (Lipinski definition) is 2. The average Bonchev–Trinajstić information content (AvgIpc) is 2.38. The summed E-state index contributed by atoms with van der Waals surface area (Å²) < 4.78 is 6.32. The van der Waals surface area contributed by atoms with E-state index in [1.807, 2.05) is 43.3 Å². The number of halogens is 1. The zero-order valence-corrected chi connectivity index (χ0v) is 13.6. The number of nitrogens with two attached hydrogens (primary N) is 1. The van der Waals surface area contributed by atoms with Crippen molar-refractivity contribution >= 4 is 44.5 Å². The molecule has 0 aliphatic carbocycles. The fourth-order valence-electron chi connectivity index (χ4n) is 1.95. The predicted octanol–water partition coefficient (Wildman–Crippen LogP) is 4.14. The van der Waals surface area contributed by atoms with E-state index in [-0.39, 0.29) is 0 Å². The van der Waals surface area contributed by atoms with E-state index in [0.29, 0.717) is 4.99 Å². The number of methoxy groups -OCH3 is 1. The number of ether oxygens (including phenoxy) is 1. The lowest BCUT2D eigenvalue weighted by molar-refractivity contribution is 0.417. The number of nitrogens with one attached hydrogen (secondary N) is 1. The Labute approximate surface area is 132 Å². The Morgan fingerprint density at radius 2 is 2.00 bits per heavy atom. The molecule has 0 amide bonds. The zero-order valence-electron chi connectivity index (χ0n) is 11.2. The van der Waals surface area contributed by atoms with Crippen LogP contribution in [0.3, 0.4) is 0 Å². The lowest BCUT2D eigenvalue weighted by Crippen LogP contribution is -2.11. The van der Waals surface area contributed by atoms with Gasteiger partial charge in [-0.15, -0.1) is 0 Å². The van der Waals surface area contributed by atoms with Gasteiger partial charge < -0.3 is 15.8 Å². The topological polar surface area (TPSA) is 47.3 Å². The Kier molecular flexibility index (Phi) is 4.62. The van der Waals surface area contributed by atoms with Crippen LogP contribution in [0.5, 0.6) is 5.75 Å². The summed E-state index contributed by atoms with van der Waals surface area (Å²) in [5, 5.41) is 3.33. The van der Waals surface area contributed by atoms with Crippen molar-refractivity contribution in [3.8, 4) is 5.75 Å². The lowest BCUT2D eigenvalue weighted by atomic mass is 10.1. The van der Waals surface area contributed by atoms with Gasteiger partial charge in [0, 0.05) is 15.7 Å². The Bertz CT molecular complexity index is 658. The molecule has 3 N–H and O–H groups in total. The van der Waals surface area contributed by atoms with Gasteiger partial charge in [-0.2, -0.15) is 0 Å². The highest BCUT2D eigenvalue weighted by atomic mass is 79.9. The van der Waals surface area contributed by atoms with Crippen LogP contribution in [0, 0.1) is 6.92 Å². The highest BCUT2D eigenvalue weighted by Crippen LogP contribution is 2.31. The molecular formula is C15H15BrN2OS. The van der Waals surface area contributed by atoms with E-state index >= 15 is 0 Å². The molecule has 0 saturated heterocycles. The van der Waals surface area contributed by atoms with E-state index in [2.05, 4.69) is 21.2 Å². The van der Waals surface area contributed by atoms with E-state index in [4.69, 9.17) is 22.7 Å². The summed E-state index contributed by atoms with van der Waals surface area (Å²) >= 11 is 8.47. The van der Waals surface area contributed by atoms with Crippen molar-refractivity contribution in [3.63, 3.8) is 0 Å². The zero-order chi connectivity index (χ0) is 14.7. The second-order valence-corrected chi connectivity index (χ2v) is 5.72. The van der Waals surface area contributed by atoms with Gasteiger partial charge >= 0.3 is 0 Å². The Hall–Kier alpha value is -1.59. The third kappa shape index (κ3) is 3.29. The summed E-state index contributed by atoms with van der Waals surface area (Å²) in [4.78, 5) is 0.411. The molecule has 2 aromatic rings. The van der Waals surface area contributed by atoms with E-state index in [1.54, 1.807) is 7.11 Å². The molecule has 2 rings (SSSR count). The molecule has 3 nitrogen and oxygen atoms in total. The molecule has 0 aromatic heterocycles. The van der Waals surface area contributed by atoms with Crippen molar-refractivity contribution in [1.82, 2.24) is 0 Å². The van der Waals surface area contributed by atoms with E-state index in [0.717, 1.165) is 32.7 Å². The molecule has 2 aromatic carbocycles. The average molecular weight is 351 g/mol. The first-order valence-corrected chi connectivity index (χ1v) is 7.22. The summed E-state index contributed by atoms with van der Waals surface area (Å²) in [7, 11) is 1.65. The standard InChI is InChI=1S/C15H15BrN2OS/c1-9-7-11(4-5-12(9)15(17)20)18-13-8-10(16)3-6-14(13)19-2/h3-8,18H,1-2H3,(H2,17,20). The number of benzene rings is 2. The Morgan fingerprint density at radius 3 is 2.60 bits per heavy atom. The molecule has 0 spiro atoms. The molecular weight excluding hydrogens is 336 g/mol. The second-order valence-electron chi connectivity index (χ2n) is 4.36. The maximum Gasteiger partial charge on any atom is 0.142 e. The van der Waals surface area contributed by atoms with Gasteiger partial charge in [0.1, 0.15) is 10.7 Å². The van der Waals surface area contributed by atoms with Gasteiger partial charge in [0.05, 0.1) is 12.8 Å². The van der Waals surface area contributed by atoms with Crippen LogP contribution >= 0.6 is 28.1 Å². The molecule has 0 saturated carbocycles. The Morgan fingerprint density at radius 1 is 1.25 bits per heavy atom. The van der Waals surface area contributed by atoms with Crippen molar-refractivity contribution in [2.24, 2.45) is 5.73 Å². The van der Waals surface area contributed by atoms with Crippen LogP contribution in [0.4, 0.5) is 11.4 Å². The van der Waals surface area contributed by atoms with Crippen molar-refractivity contribution in [3.05, 3.63) is 52.0 Å². The molecule has 0 heterocycles. The summed E-state index contributed by atoms with van der Waals surface area (Å²) in [6, 6.07) is 11.7. The highest BCUT2D eigenvalue weighted by molar-refractivity contribution is 9.10. The number of thiocarbonyl (C=S) groups is 1. The molecule has 0 fully saturated rings. The Balaban J connectivity index is 2.33. The SMILES string of the molecule is COc1ccc(Br)cc1Nc1ccc(C(N)=S)c(C)c1. The van der Waals surface area contributed by atoms with Crippen LogP contribution < -0.4 is 15.8 Å². The van der Waals surface area contributed by atoms with Gasteiger partial charge in [-0.3, -0.25) is 0 Å². The van der Waals surface area contributed by atoms with Crippen molar-refractivity contribution in [2.75, 3.05) is 12.4 Å². The minimum atomic E-state index is 0.411. The third-order valence-corrected chi connectivity index (χ3v) is 3.65. The van der Waals surface area contributed by atoms with Crippen molar-refractivity contribution in [1.29, 1.82) is 0 Å². The minimum Gasteiger partial charge on any atom is -0.495 e. The molecule has 0 bridgehead atoms. The second kappa shape index (κ2) is 6.24. The molecule has 0 aliphatic rings. The fourth-order valence-corrected chi connectivity index (χ4v) is 2.54. The maximum absolute atomic E-state index is 5.67. The highest BCUT2D eigenvalue weighted by Gasteiger charge is 2.06. The summed E-state index contributed by atoms with van der Waals surface area (Å²) in [6.45, 7) is 1.98. The fraction of sp³-hybridized carbons (Fsp3) is 0.133. The predicted molar refractivity (Wildman–Crippen MR) is 91.0 cm³/mol. The third-order valence-electron chi connectivity index (χ3n) is 2.93.